The molecule has 1 heteroatoms. The average Bonchev–Trinajstić information content (AvgIpc) is 2.67. The van der Waals surface area contributed by atoms with Crippen molar-refractivity contribution >= 4 is 6.72 Å². The Morgan fingerprint density at radius 2 is 2.07 bits per heavy atom. The number of aliphatic imine (C=N–C) groups is 1. The van der Waals surface area contributed by atoms with E-state index in [0.29, 0.717) is 0 Å². The first kappa shape index (κ1) is 11.0. The van der Waals surface area contributed by atoms with Crippen LogP contribution in [0.25, 0.3) is 0 Å². The first-order valence-corrected chi connectivity index (χ1v) is 4.99. The Balaban J connectivity index is 3.14. The molecular weight excluding hydrogens is 170 g/mol. The lowest BCUT2D eigenvalue weighted by Gasteiger charge is -2.12. The number of hydrogen-bond acceptors (Lipinski definition) is 1. The zero-order valence-electron chi connectivity index (χ0n) is 9.43. The van der Waals surface area contributed by atoms with E-state index in [1.165, 1.54) is 5.57 Å². The maximum absolute atomic E-state index is 4.23. The summed E-state index contributed by atoms with van der Waals surface area (Å²) in [4.78, 5) is 4.23. The fraction of sp³-hybridized carbons (Fsp3) is 0.462. The van der Waals surface area contributed by atoms with Crippen LogP contribution in [0.5, 0.6) is 0 Å². The van der Waals surface area contributed by atoms with Gasteiger partial charge in [-0.3, -0.25) is 4.99 Å². The molecule has 0 aromatic heterocycles. The number of hydrogen-bond donors (Lipinski definition) is 0. The molecule has 0 saturated heterocycles. The van der Waals surface area contributed by atoms with E-state index in [4.69, 9.17) is 0 Å². The molecule has 1 rings (SSSR count). The summed E-state index contributed by atoms with van der Waals surface area (Å²) >= 11 is 0. The Bertz CT molecular complexity index is 324. The van der Waals surface area contributed by atoms with Gasteiger partial charge in [-0.25, -0.2) is 0 Å². The summed E-state index contributed by atoms with van der Waals surface area (Å²) in [5.74, 6) is 0. The van der Waals surface area contributed by atoms with Gasteiger partial charge in [-0.2, -0.15) is 0 Å². The first-order chi connectivity index (χ1) is 6.48. The van der Waals surface area contributed by atoms with E-state index in [0.717, 1.165) is 12.0 Å². The zero-order chi connectivity index (χ0) is 11.0. The van der Waals surface area contributed by atoms with Crippen LogP contribution >= 0.6 is 0 Å². The third-order valence-electron chi connectivity index (χ3n) is 3.59. The Labute approximate surface area is 86.9 Å². The topological polar surface area (TPSA) is 12.4 Å². The molecule has 1 aliphatic carbocycles. The molecule has 0 amide bonds. The van der Waals surface area contributed by atoms with Gasteiger partial charge in [-0.1, -0.05) is 32.2 Å². The SMILES string of the molecule is C=CC(=C)C1(C)/C(=C/CC)C1(C)N=C. The predicted octanol–water partition coefficient (Wildman–Crippen LogP) is 3.54. The van der Waals surface area contributed by atoms with Crippen molar-refractivity contribution in [2.24, 2.45) is 10.4 Å². The molecule has 1 saturated carbocycles. The Morgan fingerprint density at radius 1 is 1.50 bits per heavy atom. The Kier molecular flexibility index (Phi) is 2.53. The highest BCUT2D eigenvalue weighted by Crippen LogP contribution is 2.67. The summed E-state index contributed by atoms with van der Waals surface area (Å²) in [5.41, 5.74) is 2.15. The minimum atomic E-state index is -0.158. The van der Waals surface area contributed by atoms with Gasteiger partial charge < -0.3 is 0 Å². The van der Waals surface area contributed by atoms with Crippen LogP contribution < -0.4 is 0 Å². The molecule has 0 spiro atoms. The third-order valence-corrected chi connectivity index (χ3v) is 3.59. The van der Waals surface area contributed by atoms with Crippen molar-refractivity contribution in [1.82, 2.24) is 0 Å². The van der Waals surface area contributed by atoms with Gasteiger partial charge in [-0.05, 0) is 38.1 Å². The summed E-state index contributed by atoms with van der Waals surface area (Å²) in [6.07, 6.45) is 5.07. The minimum absolute atomic E-state index is 0.0491. The fourth-order valence-electron chi connectivity index (χ4n) is 2.24. The molecule has 0 aromatic rings. The van der Waals surface area contributed by atoms with Gasteiger partial charge in [0.25, 0.3) is 0 Å². The molecule has 0 aliphatic heterocycles. The standard InChI is InChI=1S/C13H19N/c1-7-9-11-12(4,10(3)8-2)13(11,5)14-6/h8-9H,2-3,6-7H2,1,4-5H3/b11-9-. The van der Waals surface area contributed by atoms with Crippen molar-refractivity contribution in [3.63, 3.8) is 0 Å². The second-order valence-electron chi connectivity index (χ2n) is 4.11. The van der Waals surface area contributed by atoms with Crippen LogP contribution in [0.1, 0.15) is 27.2 Å². The van der Waals surface area contributed by atoms with Crippen LogP contribution in [0.4, 0.5) is 0 Å². The van der Waals surface area contributed by atoms with Gasteiger partial charge in [-0.15, -0.1) is 0 Å². The van der Waals surface area contributed by atoms with Crippen LogP contribution in [0.2, 0.25) is 0 Å². The zero-order valence-corrected chi connectivity index (χ0v) is 9.43. The highest BCUT2D eigenvalue weighted by molar-refractivity contribution is 5.61. The van der Waals surface area contributed by atoms with Gasteiger partial charge in [0.15, 0.2) is 0 Å². The molecule has 2 atom stereocenters. The molecule has 0 bridgehead atoms. The maximum Gasteiger partial charge on any atom is 0.0922 e. The fourth-order valence-corrected chi connectivity index (χ4v) is 2.24. The second kappa shape index (κ2) is 3.23. The van der Waals surface area contributed by atoms with Crippen LogP contribution in [-0.4, -0.2) is 12.3 Å². The minimum Gasteiger partial charge on any atom is -0.289 e. The van der Waals surface area contributed by atoms with Gasteiger partial charge in [0.05, 0.1) is 5.54 Å². The van der Waals surface area contributed by atoms with E-state index in [1.54, 1.807) is 0 Å². The Morgan fingerprint density at radius 3 is 2.43 bits per heavy atom. The van der Waals surface area contributed by atoms with Gasteiger partial charge in [0.1, 0.15) is 0 Å². The highest BCUT2D eigenvalue weighted by atomic mass is 15.0. The van der Waals surface area contributed by atoms with Crippen LogP contribution in [0.15, 0.2) is 41.4 Å². The molecule has 0 N–H and O–H groups in total. The highest BCUT2D eigenvalue weighted by Gasteiger charge is 2.67. The summed E-state index contributed by atoms with van der Waals surface area (Å²) < 4.78 is 0. The summed E-state index contributed by atoms with van der Waals surface area (Å²) in [7, 11) is 0. The molecule has 14 heavy (non-hydrogen) atoms. The van der Waals surface area contributed by atoms with Crippen molar-refractivity contribution < 1.29 is 0 Å². The van der Waals surface area contributed by atoms with Gasteiger partial charge in [0.2, 0.25) is 0 Å². The number of nitrogens with zero attached hydrogens (tertiary/aromatic N) is 1. The van der Waals surface area contributed by atoms with E-state index in [1.807, 2.05) is 6.08 Å². The summed E-state index contributed by atoms with van der Waals surface area (Å²) in [6.45, 7) is 17.9. The van der Waals surface area contributed by atoms with Crippen molar-refractivity contribution in [2.75, 3.05) is 0 Å². The monoisotopic (exact) mass is 189 g/mol. The first-order valence-electron chi connectivity index (χ1n) is 4.99. The maximum atomic E-state index is 4.23. The molecule has 76 valence electrons. The van der Waals surface area contributed by atoms with E-state index >= 15 is 0 Å². The number of allylic oxidation sites excluding steroid dienone is 2. The predicted molar refractivity (Wildman–Crippen MR) is 63.8 cm³/mol. The molecule has 0 aromatic carbocycles. The van der Waals surface area contributed by atoms with Crippen molar-refractivity contribution in [3.8, 4) is 0 Å². The average molecular weight is 189 g/mol. The normalized spacial score (nSPS) is 38.1. The van der Waals surface area contributed by atoms with Gasteiger partial charge in [0, 0.05) is 5.41 Å². The lowest BCUT2D eigenvalue weighted by Crippen LogP contribution is -2.11. The van der Waals surface area contributed by atoms with Crippen molar-refractivity contribution in [1.29, 1.82) is 0 Å². The smallest absolute Gasteiger partial charge is 0.0922 e. The van der Waals surface area contributed by atoms with Crippen molar-refractivity contribution in [2.45, 2.75) is 32.7 Å². The molecule has 0 heterocycles. The van der Waals surface area contributed by atoms with Crippen LogP contribution in [-0.2, 0) is 0 Å². The summed E-state index contributed by atoms with van der Waals surface area (Å²) in [5, 5.41) is 0. The summed E-state index contributed by atoms with van der Waals surface area (Å²) in [6, 6.07) is 0. The molecular formula is C13H19N. The molecule has 2 unspecified atom stereocenters. The lowest BCUT2D eigenvalue weighted by molar-refractivity contribution is 0.569. The third kappa shape index (κ3) is 1.05. The van der Waals surface area contributed by atoms with Crippen LogP contribution in [0, 0.1) is 5.41 Å². The van der Waals surface area contributed by atoms with Crippen molar-refractivity contribution in [3.05, 3.63) is 36.5 Å². The lowest BCUT2D eigenvalue weighted by atomic mass is 9.94. The molecule has 1 aliphatic rings. The van der Waals surface area contributed by atoms with E-state index < -0.39 is 0 Å². The van der Waals surface area contributed by atoms with E-state index in [-0.39, 0.29) is 11.0 Å². The second-order valence-corrected chi connectivity index (χ2v) is 4.11. The molecule has 0 radical (unpaired) electrons. The number of rotatable bonds is 4. The van der Waals surface area contributed by atoms with E-state index in [2.05, 4.69) is 51.7 Å². The van der Waals surface area contributed by atoms with Crippen LogP contribution in [0.3, 0.4) is 0 Å². The largest absolute Gasteiger partial charge is 0.289 e. The molecule has 1 nitrogen and oxygen atoms in total. The molecule has 1 fully saturated rings. The van der Waals surface area contributed by atoms with Gasteiger partial charge >= 0.3 is 0 Å². The Hall–Kier alpha value is -1.11. The quantitative estimate of drug-likeness (QED) is 0.364. The van der Waals surface area contributed by atoms with E-state index in [9.17, 15) is 0 Å².